The number of hydrogen-bond donors (Lipinski definition) is 1. The predicted octanol–water partition coefficient (Wildman–Crippen LogP) is 2.86. The van der Waals surface area contributed by atoms with Crippen LogP contribution < -0.4 is 14.8 Å². The molecule has 1 N–H and O–H groups in total. The van der Waals surface area contributed by atoms with Crippen LogP contribution in [0.2, 0.25) is 0 Å². The summed E-state index contributed by atoms with van der Waals surface area (Å²) in [5, 5.41) is 3.48. The lowest BCUT2D eigenvalue weighted by Crippen LogP contribution is -2.31. The van der Waals surface area contributed by atoms with Gasteiger partial charge >= 0.3 is 0 Å². The molecule has 106 valence electrons. The number of ether oxygens (including phenoxy) is 2. The van der Waals surface area contributed by atoms with Crippen molar-refractivity contribution in [1.29, 1.82) is 0 Å². The molecular formula is C16H25NO2. The average molecular weight is 263 g/mol. The highest BCUT2D eigenvalue weighted by Crippen LogP contribution is 2.36. The van der Waals surface area contributed by atoms with Gasteiger partial charge in [-0.3, -0.25) is 0 Å². The smallest absolute Gasteiger partial charge is 0.128 e. The highest BCUT2D eigenvalue weighted by Gasteiger charge is 2.20. The van der Waals surface area contributed by atoms with E-state index in [2.05, 4.69) is 25.2 Å². The van der Waals surface area contributed by atoms with Crippen molar-refractivity contribution in [3.05, 3.63) is 22.8 Å². The number of hydrogen-bond acceptors (Lipinski definition) is 3. The molecule has 1 aliphatic rings. The third kappa shape index (κ3) is 3.03. The number of aryl methyl sites for hydroxylation is 1. The third-order valence-electron chi connectivity index (χ3n) is 4.12. The summed E-state index contributed by atoms with van der Waals surface area (Å²) in [6, 6.07) is 2.13. The number of nitrogens with one attached hydrogen (secondary N) is 1. The normalized spacial score (nSPS) is 19.3. The molecule has 1 atom stereocenters. The van der Waals surface area contributed by atoms with Gasteiger partial charge in [-0.15, -0.1) is 0 Å². The molecule has 1 aromatic carbocycles. The first-order chi connectivity index (χ1) is 9.17. The van der Waals surface area contributed by atoms with Gasteiger partial charge in [-0.05, 0) is 69.3 Å². The summed E-state index contributed by atoms with van der Waals surface area (Å²) < 4.78 is 11.1. The first kappa shape index (κ1) is 14.2. The highest BCUT2D eigenvalue weighted by atomic mass is 16.5. The summed E-state index contributed by atoms with van der Waals surface area (Å²) in [6.07, 6.45) is 3.68. The van der Waals surface area contributed by atoms with Crippen LogP contribution in [0.5, 0.6) is 11.5 Å². The van der Waals surface area contributed by atoms with Crippen molar-refractivity contribution in [2.75, 3.05) is 27.3 Å². The van der Waals surface area contributed by atoms with Gasteiger partial charge in [0.15, 0.2) is 0 Å². The SMILES string of the molecule is COc1cc(C)c(CC2CCCNC2)c(OC)c1C. The molecule has 19 heavy (non-hydrogen) atoms. The molecule has 2 rings (SSSR count). The third-order valence-corrected chi connectivity index (χ3v) is 4.12. The van der Waals surface area contributed by atoms with Crippen molar-refractivity contribution < 1.29 is 9.47 Å². The molecule has 0 amide bonds. The fraction of sp³-hybridized carbons (Fsp3) is 0.625. The minimum atomic E-state index is 0.717. The Kier molecular flexibility index (Phi) is 4.70. The van der Waals surface area contributed by atoms with Crippen molar-refractivity contribution >= 4 is 0 Å². The maximum Gasteiger partial charge on any atom is 0.128 e. The van der Waals surface area contributed by atoms with Crippen LogP contribution in [0, 0.1) is 19.8 Å². The lowest BCUT2D eigenvalue weighted by Gasteiger charge is -2.25. The molecule has 1 unspecified atom stereocenters. The second kappa shape index (κ2) is 6.29. The molecule has 0 saturated carbocycles. The Labute approximate surface area is 116 Å². The van der Waals surface area contributed by atoms with E-state index >= 15 is 0 Å². The van der Waals surface area contributed by atoms with Crippen molar-refractivity contribution in [2.24, 2.45) is 5.92 Å². The summed E-state index contributed by atoms with van der Waals surface area (Å²) in [5.74, 6) is 2.64. The second-order valence-electron chi connectivity index (χ2n) is 5.45. The van der Waals surface area contributed by atoms with Crippen LogP contribution in [0.3, 0.4) is 0 Å². The van der Waals surface area contributed by atoms with Crippen LogP contribution in [0.15, 0.2) is 6.07 Å². The highest BCUT2D eigenvalue weighted by molar-refractivity contribution is 5.53. The van der Waals surface area contributed by atoms with E-state index in [1.54, 1.807) is 14.2 Å². The second-order valence-corrected chi connectivity index (χ2v) is 5.45. The minimum Gasteiger partial charge on any atom is -0.496 e. The van der Waals surface area contributed by atoms with E-state index in [9.17, 15) is 0 Å². The van der Waals surface area contributed by atoms with E-state index < -0.39 is 0 Å². The maximum absolute atomic E-state index is 5.64. The number of rotatable bonds is 4. The topological polar surface area (TPSA) is 30.5 Å². The van der Waals surface area contributed by atoms with Gasteiger partial charge in [0.05, 0.1) is 14.2 Å². The predicted molar refractivity (Wildman–Crippen MR) is 78.3 cm³/mol. The fourth-order valence-electron chi connectivity index (χ4n) is 3.04. The zero-order valence-corrected chi connectivity index (χ0v) is 12.5. The number of methoxy groups -OCH3 is 2. The van der Waals surface area contributed by atoms with Gasteiger partial charge in [0, 0.05) is 5.56 Å². The summed E-state index contributed by atoms with van der Waals surface area (Å²) in [5.41, 5.74) is 3.72. The average Bonchev–Trinajstić information content (AvgIpc) is 2.44. The summed E-state index contributed by atoms with van der Waals surface area (Å²) >= 11 is 0. The van der Waals surface area contributed by atoms with Crippen LogP contribution >= 0.6 is 0 Å². The quantitative estimate of drug-likeness (QED) is 0.906. The Morgan fingerprint density at radius 1 is 1.26 bits per heavy atom. The van der Waals surface area contributed by atoms with Crippen molar-refractivity contribution in [3.8, 4) is 11.5 Å². The van der Waals surface area contributed by atoms with Crippen LogP contribution in [0.1, 0.15) is 29.5 Å². The molecular weight excluding hydrogens is 238 g/mol. The van der Waals surface area contributed by atoms with Crippen LogP contribution in [-0.2, 0) is 6.42 Å². The molecule has 0 bridgehead atoms. The van der Waals surface area contributed by atoms with Crippen LogP contribution in [0.4, 0.5) is 0 Å². The van der Waals surface area contributed by atoms with E-state index in [1.807, 2.05) is 0 Å². The van der Waals surface area contributed by atoms with E-state index in [0.717, 1.165) is 36.6 Å². The molecule has 3 heteroatoms. The molecule has 1 aromatic rings. The number of benzene rings is 1. The Bertz CT molecular complexity index is 437. The van der Waals surface area contributed by atoms with Gasteiger partial charge in [-0.1, -0.05) is 0 Å². The van der Waals surface area contributed by atoms with E-state index in [4.69, 9.17) is 9.47 Å². The molecule has 3 nitrogen and oxygen atoms in total. The monoisotopic (exact) mass is 263 g/mol. The van der Waals surface area contributed by atoms with E-state index in [0.29, 0.717) is 5.92 Å². The van der Waals surface area contributed by atoms with Crippen molar-refractivity contribution in [2.45, 2.75) is 33.1 Å². The van der Waals surface area contributed by atoms with Crippen molar-refractivity contribution in [3.63, 3.8) is 0 Å². The van der Waals surface area contributed by atoms with Gasteiger partial charge in [-0.25, -0.2) is 0 Å². The zero-order valence-electron chi connectivity index (χ0n) is 12.5. The standard InChI is InChI=1S/C16H25NO2/c1-11-8-15(18-3)12(2)16(19-4)14(11)9-13-6-5-7-17-10-13/h8,13,17H,5-7,9-10H2,1-4H3. The zero-order chi connectivity index (χ0) is 13.8. The van der Waals surface area contributed by atoms with E-state index in [1.165, 1.54) is 24.0 Å². The summed E-state index contributed by atoms with van der Waals surface area (Å²) in [7, 11) is 3.47. The van der Waals surface area contributed by atoms with Gasteiger partial charge < -0.3 is 14.8 Å². The van der Waals surface area contributed by atoms with E-state index in [-0.39, 0.29) is 0 Å². The molecule has 1 aliphatic heterocycles. The Hall–Kier alpha value is -1.22. The minimum absolute atomic E-state index is 0.717. The Balaban J connectivity index is 2.30. The first-order valence-corrected chi connectivity index (χ1v) is 7.09. The summed E-state index contributed by atoms with van der Waals surface area (Å²) in [6.45, 7) is 6.50. The van der Waals surface area contributed by atoms with Gasteiger partial charge in [0.25, 0.3) is 0 Å². The molecule has 0 aromatic heterocycles. The van der Waals surface area contributed by atoms with Gasteiger partial charge in [0.1, 0.15) is 11.5 Å². The van der Waals surface area contributed by atoms with Gasteiger partial charge in [0.2, 0.25) is 0 Å². The molecule has 0 spiro atoms. The molecule has 1 saturated heterocycles. The molecule has 0 aliphatic carbocycles. The molecule has 1 heterocycles. The molecule has 1 fully saturated rings. The van der Waals surface area contributed by atoms with Crippen LogP contribution in [-0.4, -0.2) is 27.3 Å². The number of piperidine rings is 1. The lowest BCUT2D eigenvalue weighted by molar-refractivity contribution is 0.358. The van der Waals surface area contributed by atoms with Crippen molar-refractivity contribution in [1.82, 2.24) is 5.32 Å². The Morgan fingerprint density at radius 2 is 2.05 bits per heavy atom. The van der Waals surface area contributed by atoms with Gasteiger partial charge in [-0.2, -0.15) is 0 Å². The van der Waals surface area contributed by atoms with Crippen LogP contribution in [0.25, 0.3) is 0 Å². The Morgan fingerprint density at radius 3 is 2.63 bits per heavy atom. The fourth-order valence-corrected chi connectivity index (χ4v) is 3.04. The lowest BCUT2D eigenvalue weighted by atomic mass is 9.89. The molecule has 0 radical (unpaired) electrons. The largest absolute Gasteiger partial charge is 0.496 e. The summed E-state index contributed by atoms with van der Waals surface area (Å²) in [4.78, 5) is 0. The first-order valence-electron chi connectivity index (χ1n) is 7.09. The maximum atomic E-state index is 5.64.